The predicted molar refractivity (Wildman–Crippen MR) is 55.1 cm³/mol. The van der Waals surface area contributed by atoms with Crippen LogP contribution in [0.1, 0.15) is 19.8 Å². The first-order valence-corrected chi connectivity index (χ1v) is 5.48. The van der Waals surface area contributed by atoms with E-state index >= 15 is 0 Å². The third-order valence-electron chi connectivity index (χ3n) is 2.65. The van der Waals surface area contributed by atoms with Gasteiger partial charge in [-0.2, -0.15) is 0 Å². The van der Waals surface area contributed by atoms with Crippen molar-refractivity contribution in [3.8, 4) is 0 Å². The standard InChI is InChI=1S/C10H20F2N2O/c1-2-15-7-9-6-10(11,12)8-14(9)5-3-4-13/h9H,2-8,13H2,1H3. The van der Waals surface area contributed by atoms with Gasteiger partial charge < -0.3 is 10.5 Å². The SMILES string of the molecule is CCOCC1CC(F)(F)CN1CCCN. The van der Waals surface area contributed by atoms with Crippen LogP contribution in [0.3, 0.4) is 0 Å². The zero-order chi connectivity index (χ0) is 11.3. The van der Waals surface area contributed by atoms with Crippen LogP contribution in [0.25, 0.3) is 0 Å². The molecule has 1 unspecified atom stereocenters. The van der Waals surface area contributed by atoms with Crippen molar-refractivity contribution in [2.45, 2.75) is 31.7 Å². The molecule has 5 heteroatoms. The second kappa shape index (κ2) is 5.72. The van der Waals surface area contributed by atoms with Gasteiger partial charge in [-0.1, -0.05) is 0 Å². The summed E-state index contributed by atoms with van der Waals surface area (Å²) in [5.74, 6) is -2.56. The summed E-state index contributed by atoms with van der Waals surface area (Å²) >= 11 is 0. The van der Waals surface area contributed by atoms with E-state index in [2.05, 4.69) is 0 Å². The number of hydrogen-bond donors (Lipinski definition) is 1. The van der Waals surface area contributed by atoms with E-state index in [9.17, 15) is 8.78 Å². The van der Waals surface area contributed by atoms with E-state index < -0.39 is 5.92 Å². The van der Waals surface area contributed by atoms with Gasteiger partial charge >= 0.3 is 0 Å². The van der Waals surface area contributed by atoms with Gasteiger partial charge in [-0.15, -0.1) is 0 Å². The lowest BCUT2D eigenvalue weighted by Gasteiger charge is -2.22. The molecular formula is C10H20F2N2O. The van der Waals surface area contributed by atoms with E-state index in [1.807, 2.05) is 6.92 Å². The highest BCUT2D eigenvalue weighted by atomic mass is 19.3. The van der Waals surface area contributed by atoms with Gasteiger partial charge in [-0.3, -0.25) is 4.90 Å². The highest BCUT2D eigenvalue weighted by molar-refractivity contribution is 4.90. The Labute approximate surface area is 89.6 Å². The first-order valence-electron chi connectivity index (χ1n) is 5.48. The molecule has 1 aliphatic heterocycles. The molecule has 0 saturated carbocycles. The summed E-state index contributed by atoms with van der Waals surface area (Å²) in [6, 6.07) is -0.147. The normalized spacial score (nSPS) is 26.0. The molecule has 2 N–H and O–H groups in total. The number of likely N-dealkylation sites (tertiary alicyclic amines) is 1. The number of hydrogen-bond acceptors (Lipinski definition) is 3. The molecule has 0 amide bonds. The Bertz CT molecular complexity index is 172. The van der Waals surface area contributed by atoms with Gasteiger partial charge in [-0.25, -0.2) is 8.78 Å². The molecule has 15 heavy (non-hydrogen) atoms. The highest BCUT2D eigenvalue weighted by Gasteiger charge is 2.44. The van der Waals surface area contributed by atoms with Crippen LogP contribution in [0.5, 0.6) is 0 Å². The molecule has 0 bridgehead atoms. The van der Waals surface area contributed by atoms with Crippen LogP contribution in [0.2, 0.25) is 0 Å². The van der Waals surface area contributed by atoms with Crippen molar-refractivity contribution in [2.75, 3.05) is 32.8 Å². The monoisotopic (exact) mass is 222 g/mol. The van der Waals surface area contributed by atoms with Crippen LogP contribution in [-0.2, 0) is 4.74 Å². The van der Waals surface area contributed by atoms with Crippen molar-refractivity contribution < 1.29 is 13.5 Å². The summed E-state index contributed by atoms with van der Waals surface area (Å²) in [5.41, 5.74) is 5.37. The fraction of sp³-hybridized carbons (Fsp3) is 1.00. The molecule has 0 spiro atoms. The Morgan fingerprint density at radius 3 is 2.87 bits per heavy atom. The van der Waals surface area contributed by atoms with Crippen molar-refractivity contribution >= 4 is 0 Å². The lowest BCUT2D eigenvalue weighted by atomic mass is 10.2. The second-order valence-electron chi connectivity index (χ2n) is 3.99. The summed E-state index contributed by atoms with van der Waals surface area (Å²) in [6.45, 7) is 3.89. The maximum Gasteiger partial charge on any atom is 0.262 e. The minimum Gasteiger partial charge on any atom is -0.380 e. The van der Waals surface area contributed by atoms with Gasteiger partial charge in [-0.05, 0) is 26.4 Å². The summed E-state index contributed by atoms with van der Waals surface area (Å²) in [6.07, 6.45) is 0.677. The van der Waals surface area contributed by atoms with E-state index in [-0.39, 0.29) is 19.0 Å². The highest BCUT2D eigenvalue weighted by Crippen LogP contribution is 2.32. The number of alkyl halides is 2. The van der Waals surface area contributed by atoms with E-state index in [0.29, 0.717) is 26.3 Å². The number of halogens is 2. The van der Waals surface area contributed by atoms with Crippen LogP contribution in [-0.4, -0.2) is 49.7 Å². The van der Waals surface area contributed by atoms with Gasteiger partial charge in [0.2, 0.25) is 0 Å². The lowest BCUT2D eigenvalue weighted by Crippen LogP contribution is -2.35. The summed E-state index contributed by atoms with van der Waals surface area (Å²) < 4.78 is 31.6. The number of nitrogens with two attached hydrogens (primary N) is 1. The van der Waals surface area contributed by atoms with Crippen LogP contribution < -0.4 is 5.73 Å². The van der Waals surface area contributed by atoms with Crippen molar-refractivity contribution in [1.29, 1.82) is 0 Å². The minimum atomic E-state index is -2.56. The van der Waals surface area contributed by atoms with Crippen LogP contribution >= 0.6 is 0 Å². The van der Waals surface area contributed by atoms with E-state index in [0.717, 1.165) is 6.42 Å². The molecular weight excluding hydrogens is 202 g/mol. The molecule has 0 radical (unpaired) electrons. The molecule has 1 saturated heterocycles. The van der Waals surface area contributed by atoms with E-state index in [1.165, 1.54) is 0 Å². The Kier molecular flexibility index (Phi) is 4.89. The molecule has 0 aliphatic carbocycles. The van der Waals surface area contributed by atoms with Crippen molar-refractivity contribution in [3.63, 3.8) is 0 Å². The summed E-state index contributed by atoms with van der Waals surface area (Å²) in [5, 5.41) is 0. The van der Waals surface area contributed by atoms with Gasteiger partial charge in [0, 0.05) is 19.1 Å². The van der Waals surface area contributed by atoms with Crippen LogP contribution in [0, 0.1) is 0 Å². The number of rotatable bonds is 6. The Morgan fingerprint density at radius 1 is 1.53 bits per heavy atom. The molecule has 1 rings (SSSR count). The molecule has 1 atom stereocenters. The Balaban J connectivity index is 2.42. The molecule has 0 aromatic carbocycles. The van der Waals surface area contributed by atoms with Crippen LogP contribution in [0.15, 0.2) is 0 Å². The summed E-state index contributed by atoms with van der Waals surface area (Å²) in [4.78, 5) is 1.79. The molecule has 3 nitrogen and oxygen atoms in total. The topological polar surface area (TPSA) is 38.5 Å². The minimum absolute atomic E-state index is 0.0857. The zero-order valence-corrected chi connectivity index (χ0v) is 9.22. The smallest absolute Gasteiger partial charge is 0.262 e. The van der Waals surface area contributed by atoms with Gasteiger partial charge in [0.15, 0.2) is 0 Å². The third-order valence-corrected chi connectivity index (χ3v) is 2.65. The van der Waals surface area contributed by atoms with Gasteiger partial charge in [0.25, 0.3) is 5.92 Å². The third kappa shape index (κ3) is 4.01. The summed E-state index contributed by atoms with van der Waals surface area (Å²) in [7, 11) is 0. The van der Waals surface area contributed by atoms with Crippen molar-refractivity contribution in [1.82, 2.24) is 4.90 Å². The quantitative estimate of drug-likeness (QED) is 0.731. The maximum atomic E-state index is 13.2. The average Bonchev–Trinajstić information content (AvgIpc) is 2.47. The Morgan fingerprint density at radius 2 is 2.27 bits per heavy atom. The van der Waals surface area contributed by atoms with Gasteiger partial charge in [0.05, 0.1) is 13.2 Å². The number of nitrogens with zero attached hydrogens (tertiary/aromatic N) is 1. The predicted octanol–water partition coefficient (Wildman–Crippen LogP) is 1.08. The zero-order valence-electron chi connectivity index (χ0n) is 9.22. The maximum absolute atomic E-state index is 13.2. The fourth-order valence-corrected chi connectivity index (χ4v) is 1.94. The van der Waals surface area contributed by atoms with Crippen LogP contribution in [0.4, 0.5) is 8.78 Å². The molecule has 0 aromatic heterocycles. The molecule has 1 heterocycles. The first kappa shape index (κ1) is 12.8. The van der Waals surface area contributed by atoms with Crippen molar-refractivity contribution in [2.24, 2.45) is 5.73 Å². The average molecular weight is 222 g/mol. The number of ether oxygens (including phenoxy) is 1. The van der Waals surface area contributed by atoms with E-state index in [4.69, 9.17) is 10.5 Å². The fourth-order valence-electron chi connectivity index (χ4n) is 1.94. The first-order chi connectivity index (χ1) is 7.09. The molecule has 90 valence electrons. The molecule has 1 fully saturated rings. The largest absolute Gasteiger partial charge is 0.380 e. The second-order valence-corrected chi connectivity index (χ2v) is 3.99. The lowest BCUT2D eigenvalue weighted by molar-refractivity contribution is 0.0114. The van der Waals surface area contributed by atoms with Gasteiger partial charge in [0.1, 0.15) is 0 Å². The van der Waals surface area contributed by atoms with E-state index in [1.54, 1.807) is 4.90 Å². The Hall–Kier alpha value is -0.260. The molecule has 1 aliphatic rings. The molecule has 0 aromatic rings. The van der Waals surface area contributed by atoms with Crippen molar-refractivity contribution in [3.05, 3.63) is 0 Å².